The Kier molecular flexibility index (Phi) is 3.76. The molecule has 0 spiro atoms. The highest BCUT2D eigenvalue weighted by Crippen LogP contribution is 2.24. The molecule has 98 valence electrons. The average molecular weight is 278 g/mol. The van der Waals surface area contributed by atoms with Crippen LogP contribution >= 0.6 is 11.3 Å². The Morgan fingerprint density at radius 2 is 2.16 bits per heavy atom. The predicted molar refractivity (Wildman–Crippen MR) is 71.7 cm³/mol. The van der Waals surface area contributed by atoms with E-state index in [4.69, 9.17) is 5.11 Å². The number of rotatable bonds is 5. The lowest BCUT2D eigenvalue weighted by Crippen LogP contribution is -2.05. The number of aromatic carboxylic acids is 1. The van der Waals surface area contributed by atoms with E-state index in [0.717, 1.165) is 16.9 Å². The first-order chi connectivity index (χ1) is 9.08. The van der Waals surface area contributed by atoms with Gasteiger partial charge in [-0.15, -0.1) is 0 Å². The molecule has 0 aliphatic rings. The van der Waals surface area contributed by atoms with Gasteiger partial charge in [0.1, 0.15) is 0 Å². The zero-order valence-corrected chi connectivity index (χ0v) is 10.5. The lowest BCUT2D eigenvalue weighted by atomic mass is 10.1. The molecule has 2 aromatic rings. The predicted octanol–water partition coefficient (Wildman–Crippen LogP) is 2.97. The molecule has 2 N–H and O–H groups in total. The summed E-state index contributed by atoms with van der Waals surface area (Å²) < 4.78 is 0. The van der Waals surface area contributed by atoms with Crippen molar-refractivity contribution in [2.45, 2.75) is 6.54 Å². The van der Waals surface area contributed by atoms with Gasteiger partial charge in [0, 0.05) is 23.7 Å². The maximum Gasteiger partial charge on any atom is 0.337 e. The largest absolute Gasteiger partial charge is 0.478 e. The van der Waals surface area contributed by atoms with E-state index in [0.29, 0.717) is 12.2 Å². The zero-order chi connectivity index (χ0) is 13.8. The highest BCUT2D eigenvalue weighted by atomic mass is 32.1. The van der Waals surface area contributed by atoms with Crippen LogP contribution in [0.25, 0.3) is 0 Å². The maximum atomic E-state index is 11.0. The van der Waals surface area contributed by atoms with Crippen LogP contribution in [-0.2, 0) is 6.54 Å². The van der Waals surface area contributed by atoms with Gasteiger partial charge in [0.25, 0.3) is 0 Å². The normalized spacial score (nSPS) is 10.1. The van der Waals surface area contributed by atoms with Crippen molar-refractivity contribution in [2.24, 2.45) is 0 Å². The van der Waals surface area contributed by atoms with Gasteiger partial charge in [0.2, 0.25) is 0 Å². The molecule has 0 saturated heterocycles. The number of hydrogen-bond acceptors (Lipinski definition) is 5. The van der Waals surface area contributed by atoms with E-state index in [1.165, 1.54) is 12.1 Å². The van der Waals surface area contributed by atoms with Crippen LogP contribution in [0, 0.1) is 10.1 Å². The van der Waals surface area contributed by atoms with Gasteiger partial charge in [-0.2, -0.15) is 0 Å². The van der Waals surface area contributed by atoms with Gasteiger partial charge >= 0.3 is 11.0 Å². The fourth-order valence-electron chi connectivity index (χ4n) is 1.57. The van der Waals surface area contributed by atoms with Crippen LogP contribution < -0.4 is 5.32 Å². The third-order valence-corrected chi connectivity index (χ3v) is 3.39. The molecule has 0 aliphatic heterocycles. The van der Waals surface area contributed by atoms with Gasteiger partial charge in [0.15, 0.2) is 0 Å². The number of nitrogens with zero attached hydrogens (tertiary/aromatic N) is 1. The highest BCUT2D eigenvalue weighted by molar-refractivity contribution is 7.13. The molecule has 19 heavy (non-hydrogen) atoms. The Bertz CT molecular complexity index is 624. The lowest BCUT2D eigenvalue weighted by Gasteiger charge is -2.07. The summed E-state index contributed by atoms with van der Waals surface area (Å²) in [5.41, 5.74) is 1.41. The van der Waals surface area contributed by atoms with Crippen molar-refractivity contribution in [3.8, 4) is 0 Å². The van der Waals surface area contributed by atoms with Gasteiger partial charge < -0.3 is 10.4 Å². The molecule has 0 radical (unpaired) electrons. The molecular formula is C12H10N2O4S. The minimum Gasteiger partial charge on any atom is -0.478 e. The van der Waals surface area contributed by atoms with E-state index in [-0.39, 0.29) is 10.6 Å². The van der Waals surface area contributed by atoms with E-state index in [2.05, 4.69) is 5.32 Å². The second-order valence-corrected chi connectivity index (χ2v) is 4.64. The molecule has 0 amide bonds. The Hall–Kier alpha value is -2.41. The molecule has 0 unspecified atom stereocenters. The Morgan fingerprint density at radius 1 is 1.42 bits per heavy atom. The summed E-state index contributed by atoms with van der Waals surface area (Å²) in [6.45, 7) is 0.342. The van der Waals surface area contributed by atoms with Crippen LogP contribution in [0.2, 0.25) is 0 Å². The molecule has 0 saturated carbocycles. The first kappa shape index (κ1) is 13.0. The van der Waals surface area contributed by atoms with Crippen LogP contribution in [0.1, 0.15) is 15.9 Å². The summed E-state index contributed by atoms with van der Waals surface area (Å²) in [7, 11) is 0. The molecule has 6 nitrogen and oxygen atoms in total. The standard InChI is InChI=1S/C12H10N2O4S/c15-12(16)9-3-1-2-4-10(9)13-6-8-5-11(14(17)18)19-7-8/h1-5,7,13H,6H2,(H,15,16). The van der Waals surface area contributed by atoms with Crippen LogP contribution in [-0.4, -0.2) is 16.0 Å². The van der Waals surface area contributed by atoms with E-state index in [9.17, 15) is 14.9 Å². The van der Waals surface area contributed by atoms with Crippen LogP contribution in [0.15, 0.2) is 35.7 Å². The summed E-state index contributed by atoms with van der Waals surface area (Å²) >= 11 is 1.05. The quantitative estimate of drug-likeness (QED) is 0.648. The molecular weight excluding hydrogens is 268 g/mol. The molecule has 7 heteroatoms. The molecule has 1 aromatic heterocycles. The summed E-state index contributed by atoms with van der Waals surface area (Å²) in [6, 6.07) is 8.00. The molecule has 0 fully saturated rings. The average Bonchev–Trinajstić information content (AvgIpc) is 2.85. The Morgan fingerprint density at radius 3 is 2.79 bits per heavy atom. The second-order valence-electron chi connectivity index (χ2n) is 3.75. The number of para-hydroxylation sites is 1. The molecule has 1 heterocycles. The number of hydrogen-bond donors (Lipinski definition) is 2. The molecule has 1 aromatic carbocycles. The van der Waals surface area contributed by atoms with Gasteiger partial charge in [-0.05, 0) is 17.7 Å². The van der Waals surface area contributed by atoms with E-state index in [1.54, 1.807) is 23.6 Å². The van der Waals surface area contributed by atoms with E-state index >= 15 is 0 Å². The van der Waals surface area contributed by atoms with Gasteiger partial charge in [0.05, 0.1) is 10.5 Å². The molecule has 0 bridgehead atoms. The van der Waals surface area contributed by atoms with Crippen LogP contribution in [0.4, 0.5) is 10.7 Å². The maximum absolute atomic E-state index is 11.0. The van der Waals surface area contributed by atoms with Crippen LogP contribution in [0.3, 0.4) is 0 Å². The minimum absolute atomic E-state index is 0.0725. The van der Waals surface area contributed by atoms with E-state index in [1.807, 2.05) is 0 Å². The number of carbonyl (C=O) groups is 1. The number of thiophene rings is 1. The zero-order valence-electron chi connectivity index (χ0n) is 9.70. The smallest absolute Gasteiger partial charge is 0.337 e. The van der Waals surface area contributed by atoms with Crippen molar-refractivity contribution in [3.05, 3.63) is 57.0 Å². The fraction of sp³-hybridized carbons (Fsp3) is 0.0833. The van der Waals surface area contributed by atoms with Crippen molar-refractivity contribution in [2.75, 3.05) is 5.32 Å². The van der Waals surface area contributed by atoms with Crippen molar-refractivity contribution < 1.29 is 14.8 Å². The lowest BCUT2D eigenvalue weighted by molar-refractivity contribution is -0.380. The van der Waals surface area contributed by atoms with Crippen LogP contribution in [0.5, 0.6) is 0 Å². The third kappa shape index (κ3) is 3.08. The second kappa shape index (κ2) is 5.49. The van der Waals surface area contributed by atoms with Crippen molar-refractivity contribution >= 4 is 28.0 Å². The summed E-state index contributed by atoms with van der Waals surface area (Å²) in [4.78, 5) is 21.1. The van der Waals surface area contributed by atoms with Crippen molar-refractivity contribution in [1.82, 2.24) is 0 Å². The molecule has 0 aliphatic carbocycles. The SMILES string of the molecule is O=C(O)c1ccccc1NCc1csc([N+](=O)[O-])c1. The number of nitrogens with one attached hydrogen (secondary N) is 1. The number of anilines is 1. The number of benzene rings is 1. The number of carboxylic acids is 1. The Balaban J connectivity index is 2.10. The third-order valence-electron chi connectivity index (χ3n) is 2.46. The van der Waals surface area contributed by atoms with Gasteiger partial charge in [-0.25, -0.2) is 4.79 Å². The van der Waals surface area contributed by atoms with Crippen molar-refractivity contribution in [1.29, 1.82) is 0 Å². The van der Waals surface area contributed by atoms with Gasteiger partial charge in [-0.1, -0.05) is 23.5 Å². The van der Waals surface area contributed by atoms with E-state index < -0.39 is 10.9 Å². The number of nitro groups is 1. The minimum atomic E-state index is -1.01. The van der Waals surface area contributed by atoms with Crippen molar-refractivity contribution in [3.63, 3.8) is 0 Å². The first-order valence-corrected chi connectivity index (χ1v) is 6.24. The number of carboxylic acid groups (broad SMARTS) is 1. The topological polar surface area (TPSA) is 92.5 Å². The molecule has 2 rings (SSSR count). The monoisotopic (exact) mass is 278 g/mol. The highest BCUT2D eigenvalue weighted by Gasteiger charge is 2.11. The summed E-state index contributed by atoms with van der Waals surface area (Å²) in [6.07, 6.45) is 0. The Labute approximate surface area is 112 Å². The summed E-state index contributed by atoms with van der Waals surface area (Å²) in [5, 5.41) is 24.3. The van der Waals surface area contributed by atoms with Gasteiger partial charge in [-0.3, -0.25) is 10.1 Å². The fourth-order valence-corrected chi connectivity index (χ4v) is 2.30. The summed E-state index contributed by atoms with van der Waals surface area (Å²) in [5.74, 6) is -1.01. The molecule has 0 atom stereocenters. The first-order valence-electron chi connectivity index (χ1n) is 5.36.